The van der Waals surface area contributed by atoms with Crippen LogP contribution in [0.5, 0.6) is 0 Å². The first kappa shape index (κ1) is 16.8. The zero-order valence-electron chi connectivity index (χ0n) is 14.9. The smallest absolute Gasteiger partial charge is 0.168 e. The molecule has 2 N–H and O–H groups in total. The number of rotatable bonds is 5. The summed E-state index contributed by atoms with van der Waals surface area (Å²) >= 11 is 6.11. The number of anilines is 1. The lowest BCUT2D eigenvalue weighted by Gasteiger charge is -2.07. The number of nitrogens with zero attached hydrogens (tertiary/aromatic N) is 4. The minimum atomic E-state index is 0.660. The Hall–Kier alpha value is -3.38. The number of hydrogen-bond acceptors (Lipinski definition) is 4. The highest BCUT2D eigenvalue weighted by molar-refractivity contribution is 6.30. The second kappa shape index (κ2) is 6.98. The molecule has 0 aliphatic heterocycles. The Bertz CT molecular complexity index is 1270. The first-order chi connectivity index (χ1) is 13.8. The summed E-state index contributed by atoms with van der Waals surface area (Å²) in [6.45, 7) is 0.760. The van der Waals surface area contributed by atoms with Gasteiger partial charge in [0.05, 0.1) is 17.3 Å². The molecule has 0 unspecified atom stereocenters. The minimum Gasteiger partial charge on any atom is -0.369 e. The van der Waals surface area contributed by atoms with Crippen molar-refractivity contribution in [3.05, 3.63) is 77.8 Å². The summed E-state index contributed by atoms with van der Waals surface area (Å²) in [5.74, 6) is 0.776. The molecule has 0 spiro atoms. The zero-order valence-corrected chi connectivity index (χ0v) is 15.7. The monoisotopic (exact) mass is 388 g/mol. The summed E-state index contributed by atoms with van der Waals surface area (Å²) in [7, 11) is 0. The lowest BCUT2D eigenvalue weighted by atomic mass is 10.1. The van der Waals surface area contributed by atoms with Crippen LogP contribution in [0, 0.1) is 0 Å². The van der Waals surface area contributed by atoms with Gasteiger partial charge >= 0.3 is 0 Å². The van der Waals surface area contributed by atoms with Gasteiger partial charge in [-0.05, 0) is 36.2 Å². The van der Waals surface area contributed by atoms with Gasteiger partial charge in [-0.1, -0.05) is 35.9 Å². The van der Waals surface area contributed by atoms with E-state index in [9.17, 15) is 0 Å². The average Bonchev–Trinajstić information content (AvgIpc) is 3.33. The highest BCUT2D eigenvalue weighted by atomic mass is 35.5. The van der Waals surface area contributed by atoms with Gasteiger partial charge in [-0.15, -0.1) is 0 Å². The number of benzene rings is 2. The number of fused-ring (bicyclic) bond motifs is 2. The van der Waals surface area contributed by atoms with Gasteiger partial charge in [0.2, 0.25) is 0 Å². The molecule has 6 nitrogen and oxygen atoms in total. The summed E-state index contributed by atoms with van der Waals surface area (Å²) in [5, 5.41) is 10.7. The Labute approximate surface area is 166 Å². The van der Waals surface area contributed by atoms with Crippen molar-refractivity contribution in [3.63, 3.8) is 0 Å². The van der Waals surface area contributed by atoms with Gasteiger partial charge in [0, 0.05) is 28.7 Å². The van der Waals surface area contributed by atoms with Crippen molar-refractivity contribution >= 4 is 39.4 Å². The van der Waals surface area contributed by atoms with Crippen molar-refractivity contribution in [1.29, 1.82) is 0 Å². The largest absolute Gasteiger partial charge is 0.369 e. The number of para-hydroxylation sites is 1. The van der Waals surface area contributed by atoms with Gasteiger partial charge in [0.25, 0.3) is 0 Å². The summed E-state index contributed by atoms with van der Waals surface area (Å²) in [5.41, 5.74) is 4.05. The highest BCUT2D eigenvalue weighted by Gasteiger charge is 2.11. The standard InChI is InChI=1S/C21H17ClN6/c22-15-4-3-5-16(10-15)28-21-18(12-27-28)20(25-13-26-21)23-9-8-14-11-24-19-7-2-1-6-17(14)19/h1-7,10-13,24H,8-9H2,(H,23,25,26). The second-order valence-electron chi connectivity index (χ2n) is 6.53. The van der Waals surface area contributed by atoms with Gasteiger partial charge < -0.3 is 10.3 Å². The molecule has 0 aliphatic rings. The van der Waals surface area contributed by atoms with Crippen LogP contribution in [0.4, 0.5) is 5.82 Å². The van der Waals surface area contributed by atoms with Crippen LogP contribution in [-0.2, 0) is 6.42 Å². The molecule has 5 rings (SSSR count). The van der Waals surface area contributed by atoms with Gasteiger partial charge in [0.15, 0.2) is 5.65 Å². The molecule has 0 saturated carbocycles. The molecule has 138 valence electrons. The van der Waals surface area contributed by atoms with E-state index in [0.717, 1.165) is 41.0 Å². The van der Waals surface area contributed by atoms with Crippen LogP contribution in [0.1, 0.15) is 5.56 Å². The SMILES string of the molecule is Clc1cccc(-n2ncc3c(NCCc4c[nH]c5ccccc45)ncnc32)c1. The predicted octanol–water partition coefficient (Wildman–Crippen LogP) is 4.60. The predicted molar refractivity (Wildman–Crippen MR) is 112 cm³/mol. The van der Waals surface area contributed by atoms with E-state index in [1.807, 2.05) is 30.3 Å². The fourth-order valence-electron chi connectivity index (χ4n) is 3.44. The van der Waals surface area contributed by atoms with Gasteiger partial charge in [-0.2, -0.15) is 5.10 Å². The molecule has 0 aliphatic carbocycles. The van der Waals surface area contributed by atoms with Crippen molar-refractivity contribution in [3.8, 4) is 5.69 Å². The topological polar surface area (TPSA) is 71.4 Å². The second-order valence-corrected chi connectivity index (χ2v) is 6.97. The van der Waals surface area contributed by atoms with Crippen molar-refractivity contribution in [2.45, 2.75) is 6.42 Å². The van der Waals surface area contributed by atoms with Crippen molar-refractivity contribution < 1.29 is 0 Å². The molecule has 5 aromatic rings. The molecule has 0 amide bonds. The third-order valence-electron chi connectivity index (χ3n) is 4.78. The lowest BCUT2D eigenvalue weighted by Crippen LogP contribution is -2.07. The molecule has 2 aromatic carbocycles. The van der Waals surface area contributed by atoms with Gasteiger partial charge in [-0.25, -0.2) is 14.6 Å². The summed E-state index contributed by atoms with van der Waals surface area (Å²) in [6, 6.07) is 15.9. The first-order valence-corrected chi connectivity index (χ1v) is 9.41. The maximum atomic E-state index is 6.11. The average molecular weight is 389 g/mol. The Morgan fingerprint density at radius 3 is 2.89 bits per heavy atom. The van der Waals surface area contributed by atoms with Crippen molar-refractivity contribution in [1.82, 2.24) is 24.7 Å². The molecule has 0 bridgehead atoms. The summed E-state index contributed by atoms with van der Waals surface area (Å²) in [6.07, 6.45) is 6.29. The third-order valence-corrected chi connectivity index (χ3v) is 5.02. The van der Waals surface area contributed by atoms with Crippen LogP contribution in [0.15, 0.2) is 67.3 Å². The Kier molecular flexibility index (Phi) is 4.18. The molecule has 0 fully saturated rings. The molecule has 0 atom stereocenters. The van der Waals surface area contributed by atoms with E-state index in [-0.39, 0.29) is 0 Å². The molecule has 0 radical (unpaired) electrons. The summed E-state index contributed by atoms with van der Waals surface area (Å²) in [4.78, 5) is 12.1. The van der Waals surface area contributed by atoms with Gasteiger partial charge in [0.1, 0.15) is 12.1 Å². The Morgan fingerprint density at radius 1 is 1.04 bits per heavy atom. The molecule has 7 heteroatoms. The van der Waals surface area contributed by atoms with Crippen LogP contribution < -0.4 is 5.32 Å². The van der Waals surface area contributed by atoms with Crippen LogP contribution in [0.3, 0.4) is 0 Å². The van der Waals surface area contributed by atoms with E-state index in [0.29, 0.717) is 5.02 Å². The van der Waals surface area contributed by atoms with Crippen LogP contribution >= 0.6 is 11.6 Å². The number of aromatic nitrogens is 5. The number of aromatic amines is 1. The normalized spacial score (nSPS) is 11.3. The molecule has 0 saturated heterocycles. The number of nitrogens with one attached hydrogen (secondary N) is 2. The first-order valence-electron chi connectivity index (χ1n) is 9.03. The van der Waals surface area contributed by atoms with E-state index in [4.69, 9.17) is 11.6 Å². The van der Waals surface area contributed by atoms with Crippen molar-refractivity contribution in [2.24, 2.45) is 0 Å². The van der Waals surface area contributed by atoms with E-state index in [1.54, 1.807) is 17.2 Å². The van der Waals surface area contributed by atoms with E-state index >= 15 is 0 Å². The molecule has 28 heavy (non-hydrogen) atoms. The number of hydrogen-bond donors (Lipinski definition) is 2. The highest BCUT2D eigenvalue weighted by Crippen LogP contribution is 2.23. The summed E-state index contributed by atoms with van der Waals surface area (Å²) < 4.78 is 1.77. The van der Waals surface area contributed by atoms with Crippen LogP contribution in [0.2, 0.25) is 5.02 Å². The van der Waals surface area contributed by atoms with Gasteiger partial charge in [-0.3, -0.25) is 0 Å². The lowest BCUT2D eigenvalue weighted by molar-refractivity contribution is 0.895. The maximum absolute atomic E-state index is 6.11. The molecular weight excluding hydrogens is 372 g/mol. The van der Waals surface area contributed by atoms with Crippen LogP contribution in [0.25, 0.3) is 27.6 Å². The van der Waals surface area contributed by atoms with Crippen LogP contribution in [-0.4, -0.2) is 31.3 Å². The number of halogens is 1. The molecular formula is C21H17ClN6. The number of H-pyrrole nitrogens is 1. The maximum Gasteiger partial charge on any atom is 0.168 e. The zero-order chi connectivity index (χ0) is 18.9. The quantitative estimate of drug-likeness (QED) is 0.461. The third kappa shape index (κ3) is 2.97. The Balaban J connectivity index is 1.39. The molecule has 3 heterocycles. The fraction of sp³-hybridized carbons (Fsp3) is 0.0952. The van der Waals surface area contributed by atoms with E-state index in [1.165, 1.54) is 10.9 Å². The fourth-order valence-corrected chi connectivity index (χ4v) is 3.62. The minimum absolute atomic E-state index is 0.660. The Morgan fingerprint density at radius 2 is 1.96 bits per heavy atom. The van der Waals surface area contributed by atoms with Crippen molar-refractivity contribution in [2.75, 3.05) is 11.9 Å². The molecule has 3 aromatic heterocycles. The van der Waals surface area contributed by atoms with E-state index < -0.39 is 0 Å². The van der Waals surface area contributed by atoms with E-state index in [2.05, 4.69) is 49.8 Å².